The Labute approximate surface area is 290 Å². The average Bonchev–Trinajstić information content (AvgIpc) is 3.70. The molecule has 2 aromatic heterocycles. The maximum Gasteiger partial charge on any atom is 0.159 e. The summed E-state index contributed by atoms with van der Waals surface area (Å²) in [4.78, 5) is 9.75. The van der Waals surface area contributed by atoms with Crippen molar-refractivity contribution in [2.45, 2.75) is 5.41 Å². The number of hydrogen-bond donors (Lipinski definition) is 0. The molecule has 0 atom stereocenters. The maximum atomic E-state index is 4.87. The van der Waals surface area contributed by atoms with Gasteiger partial charge in [0.05, 0.1) is 16.4 Å². The van der Waals surface area contributed by atoms with Crippen molar-refractivity contribution in [3.8, 4) is 39.3 Å². The lowest BCUT2D eigenvalue weighted by Gasteiger charge is -2.34. The van der Waals surface area contributed by atoms with Crippen LogP contribution >= 0.6 is 0 Å². The molecular formula is C47H31N3. The maximum absolute atomic E-state index is 4.87. The van der Waals surface area contributed by atoms with Gasteiger partial charge in [0.1, 0.15) is 0 Å². The van der Waals surface area contributed by atoms with Crippen LogP contribution in [0.2, 0.25) is 0 Å². The van der Waals surface area contributed by atoms with E-state index in [0.29, 0.717) is 5.82 Å². The van der Waals surface area contributed by atoms with Crippen LogP contribution in [-0.4, -0.2) is 14.5 Å². The second kappa shape index (κ2) is 11.3. The topological polar surface area (TPSA) is 30.7 Å². The second-order valence-corrected chi connectivity index (χ2v) is 13.0. The van der Waals surface area contributed by atoms with Crippen LogP contribution in [0.5, 0.6) is 0 Å². The Morgan fingerprint density at radius 3 is 1.58 bits per heavy atom. The summed E-state index contributed by atoms with van der Waals surface area (Å²) in [6.07, 6.45) is 3.90. The summed E-state index contributed by atoms with van der Waals surface area (Å²) < 4.78 is 2.33. The molecule has 0 spiro atoms. The molecule has 2 heterocycles. The number of benzene rings is 7. The van der Waals surface area contributed by atoms with E-state index >= 15 is 0 Å². The number of hydrogen-bond acceptors (Lipinski definition) is 2. The van der Waals surface area contributed by atoms with Gasteiger partial charge in [0.2, 0.25) is 0 Å². The highest BCUT2D eigenvalue weighted by Crippen LogP contribution is 2.56. The number of nitrogens with zero attached hydrogens (tertiary/aromatic N) is 3. The van der Waals surface area contributed by atoms with Gasteiger partial charge in [-0.2, -0.15) is 0 Å². The van der Waals surface area contributed by atoms with Crippen LogP contribution in [0, 0.1) is 0 Å². The lowest BCUT2D eigenvalue weighted by molar-refractivity contribution is 0.769. The molecule has 0 fully saturated rings. The molecule has 7 aromatic carbocycles. The van der Waals surface area contributed by atoms with Gasteiger partial charge in [-0.15, -0.1) is 0 Å². The van der Waals surface area contributed by atoms with Crippen molar-refractivity contribution in [1.82, 2.24) is 14.5 Å². The molecule has 0 radical (unpaired) electrons. The van der Waals surface area contributed by atoms with E-state index in [2.05, 4.69) is 180 Å². The van der Waals surface area contributed by atoms with Gasteiger partial charge in [0.25, 0.3) is 0 Å². The van der Waals surface area contributed by atoms with E-state index in [-0.39, 0.29) is 0 Å². The molecule has 3 heteroatoms. The monoisotopic (exact) mass is 637 g/mol. The van der Waals surface area contributed by atoms with Gasteiger partial charge in [-0.05, 0) is 81.4 Å². The minimum absolute atomic E-state index is 0.441. The van der Waals surface area contributed by atoms with E-state index in [9.17, 15) is 0 Å². The fourth-order valence-electron chi connectivity index (χ4n) is 8.23. The van der Waals surface area contributed by atoms with E-state index < -0.39 is 5.41 Å². The quantitative estimate of drug-likeness (QED) is 0.188. The van der Waals surface area contributed by atoms with E-state index in [4.69, 9.17) is 9.97 Å². The molecule has 0 saturated heterocycles. The average molecular weight is 638 g/mol. The second-order valence-electron chi connectivity index (χ2n) is 13.0. The summed E-state index contributed by atoms with van der Waals surface area (Å²) in [7, 11) is 0. The highest BCUT2D eigenvalue weighted by atomic mass is 15.0. The van der Waals surface area contributed by atoms with E-state index in [1.54, 1.807) is 0 Å². The molecule has 50 heavy (non-hydrogen) atoms. The third kappa shape index (κ3) is 4.17. The highest BCUT2D eigenvalue weighted by Gasteiger charge is 2.45. The Kier molecular flexibility index (Phi) is 6.40. The highest BCUT2D eigenvalue weighted by molar-refractivity contribution is 6.09. The molecule has 1 aliphatic rings. The van der Waals surface area contributed by atoms with E-state index in [1.165, 1.54) is 55.2 Å². The third-order valence-electron chi connectivity index (χ3n) is 10.4. The van der Waals surface area contributed by atoms with Crippen molar-refractivity contribution in [3.05, 3.63) is 211 Å². The van der Waals surface area contributed by atoms with Gasteiger partial charge in [-0.25, -0.2) is 9.97 Å². The molecule has 3 nitrogen and oxygen atoms in total. The minimum Gasteiger partial charge on any atom is -0.309 e. The first-order valence-corrected chi connectivity index (χ1v) is 17.1. The van der Waals surface area contributed by atoms with Gasteiger partial charge < -0.3 is 4.57 Å². The van der Waals surface area contributed by atoms with Gasteiger partial charge in [0, 0.05) is 40.0 Å². The zero-order valence-electron chi connectivity index (χ0n) is 27.2. The molecule has 0 amide bonds. The van der Waals surface area contributed by atoms with E-state index in [1.807, 2.05) is 12.4 Å². The predicted octanol–water partition coefficient (Wildman–Crippen LogP) is 11.3. The lowest BCUT2D eigenvalue weighted by atomic mass is 9.67. The minimum atomic E-state index is -0.441. The molecule has 0 bridgehead atoms. The van der Waals surface area contributed by atoms with E-state index in [0.717, 1.165) is 22.4 Å². The fraction of sp³-hybridized carbons (Fsp3) is 0.0213. The summed E-state index contributed by atoms with van der Waals surface area (Å²) in [6.45, 7) is 0. The molecule has 10 rings (SSSR count). The standard InChI is InChI=1S/C47H31N3/c1-2-14-35(15-3-1)47(42-21-8-4-17-38(42)39-18-5-9-22-43(39)47)36-16-12-13-33(29-36)34-30-48-46(49-31-34)32-25-27-37(28-26-32)50-44-23-10-6-19-40(44)41-20-7-11-24-45(41)50/h1-31H. The summed E-state index contributed by atoms with van der Waals surface area (Å²) in [5.41, 5.74) is 13.8. The van der Waals surface area contributed by atoms with Crippen LogP contribution in [0.15, 0.2) is 188 Å². The summed E-state index contributed by atoms with van der Waals surface area (Å²) in [5.74, 6) is 0.707. The molecule has 1 aliphatic carbocycles. The van der Waals surface area contributed by atoms with Gasteiger partial charge in [0.15, 0.2) is 5.82 Å². The Morgan fingerprint density at radius 1 is 0.400 bits per heavy atom. The smallest absolute Gasteiger partial charge is 0.159 e. The number of para-hydroxylation sites is 2. The summed E-state index contributed by atoms with van der Waals surface area (Å²) in [5, 5.41) is 2.51. The number of aromatic nitrogens is 3. The summed E-state index contributed by atoms with van der Waals surface area (Å²) >= 11 is 0. The lowest BCUT2D eigenvalue weighted by Crippen LogP contribution is -2.28. The zero-order valence-corrected chi connectivity index (χ0v) is 27.2. The first kappa shape index (κ1) is 28.4. The summed E-state index contributed by atoms with van der Waals surface area (Å²) in [6, 6.07) is 63.3. The van der Waals surface area contributed by atoms with Crippen LogP contribution in [-0.2, 0) is 5.41 Å². The Morgan fingerprint density at radius 2 is 0.940 bits per heavy atom. The molecular weight excluding hydrogens is 607 g/mol. The Hall–Kier alpha value is -6.58. The normalized spacial score (nSPS) is 13.0. The fourth-order valence-corrected chi connectivity index (χ4v) is 8.23. The van der Waals surface area contributed by atoms with Crippen LogP contribution < -0.4 is 0 Å². The van der Waals surface area contributed by atoms with Gasteiger partial charge >= 0.3 is 0 Å². The molecule has 0 unspecified atom stereocenters. The van der Waals surface area contributed by atoms with Crippen molar-refractivity contribution in [3.63, 3.8) is 0 Å². The van der Waals surface area contributed by atoms with Gasteiger partial charge in [-0.1, -0.05) is 133 Å². The van der Waals surface area contributed by atoms with Crippen molar-refractivity contribution >= 4 is 21.8 Å². The van der Waals surface area contributed by atoms with Gasteiger partial charge in [-0.3, -0.25) is 0 Å². The van der Waals surface area contributed by atoms with Crippen LogP contribution in [0.4, 0.5) is 0 Å². The SMILES string of the molecule is c1ccc(C2(c3cccc(-c4cnc(-c5ccc(-n6c7ccccc7c7ccccc76)cc5)nc4)c3)c3ccccc3-c3ccccc32)cc1. The first-order chi connectivity index (χ1) is 24.8. The first-order valence-electron chi connectivity index (χ1n) is 17.1. The van der Waals surface area contributed by atoms with Crippen molar-refractivity contribution < 1.29 is 0 Å². The Balaban J connectivity index is 1.03. The number of rotatable bonds is 5. The van der Waals surface area contributed by atoms with Crippen molar-refractivity contribution in [2.75, 3.05) is 0 Å². The van der Waals surface area contributed by atoms with Crippen LogP contribution in [0.3, 0.4) is 0 Å². The molecule has 9 aromatic rings. The molecule has 0 aliphatic heterocycles. The van der Waals surface area contributed by atoms with Crippen LogP contribution in [0.25, 0.3) is 61.1 Å². The molecule has 0 N–H and O–H groups in total. The number of fused-ring (bicyclic) bond motifs is 6. The van der Waals surface area contributed by atoms with Crippen molar-refractivity contribution in [2.24, 2.45) is 0 Å². The zero-order chi connectivity index (χ0) is 33.1. The van der Waals surface area contributed by atoms with Crippen molar-refractivity contribution in [1.29, 1.82) is 0 Å². The predicted molar refractivity (Wildman–Crippen MR) is 205 cm³/mol. The van der Waals surface area contributed by atoms with Crippen LogP contribution in [0.1, 0.15) is 22.3 Å². The molecule has 0 saturated carbocycles. The molecule has 234 valence electrons. The third-order valence-corrected chi connectivity index (χ3v) is 10.4. The Bertz CT molecular complexity index is 2590. The largest absolute Gasteiger partial charge is 0.309 e.